The molecule has 0 bridgehead atoms. The molecule has 0 aromatic heterocycles. The lowest BCUT2D eigenvalue weighted by Gasteiger charge is -2.13. The van der Waals surface area contributed by atoms with E-state index in [-0.39, 0.29) is 5.91 Å². The molecule has 25 heavy (non-hydrogen) atoms. The quantitative estimate of drug-likeness (QED) is 0.760. The fourth-order valence-electron chi connectivity index (χ4n) is 2.68. The molecule has 5 heteroatoms. The number of ether oxygens (including phenoxy) is 2. The van der Waals surface area contributed by atoms with Crippen LogP contribution in [-0.4, -0.2) is 19.6 Å². The molecule has 0 heterocycles. The zero-order valence-electron chi connectivity index (χ0n) is 15.1. The SMILES string of the molecule is CCOc1ccc(CCC(=O)Nc2c(C)cc(C)cc2Cl)cc1OC. The van der Waals surface area contributed by atoms with Crippen LogP contribution in [0.3, 0.4) is 0 Å². The van der Waals surface area contributed by atoms with Crippen molar-refractivity contribution in [2.24, 2.45) is 0 Å². The highest BCUT2D eigenvalue weighted by Gasteiger charge is 2.11. The van der Waals surface area contributed by atoms with Crippen LogP contribution in [0.1, 0.15) is 30.0 Å². The Morgan fingerprint density at radius 2 is 1.92 bits per heavy atom. The fourth-order valence-corrected chi connectivity index (χ4v) is 3.04. The summed E-state index contributed by atoms with van der Waals surface area (Å²) < 4.78 is 10.8. The van der Waals surface area contributed by atoms with E-state index < -0.39 is 0 Å². The van der Waals surface area contributed by atoms with Gasteiger partial charge in [-0.3, -0.25) is 4.79 Å². The number of halogens is 1. The van der Waals surface area contributed by atoms with Gasteiger partial charge in [-0.25, -0.2) is 0 Å². The van der Waals surface area contributed by atoms with Gasteiger partial charge in [0.05, 0.1) is 24.4 Å². The van der Waals surface area contributed by atoms with E-state index in [1.807, 2.05) is 51.1 Å². The minimum atomic E-state index is -0.0679. The van der Waals surface area contributed by atoms with Crippen LogP contribution < -0.4 is 14.8 Å². The van der Waals surface area contributed by atoms with Crippen molar-refractivity contribution >= 4 is 23.2 Å². The first-order chi connectivity index (χ1) is 11.9. The van der Waals surface area contributed by atoms with Gasteiger partial charge in [-0.1, -0.05) is 23.7 Å². The van der Waals surface area contributed by atoms with Gasteiger partial charge in [0.2, 0.25) is 5.91 Å². The number of amides is 1. The topological polar surface area (TPSA) is 47.6 Å². The average molecular weight is 362 g/mol. The molecule has 0 atom stereocenters. The Morgan fingerprint density at radius 1 is 1.16 bits per heavy atom. The lowest BCUT2D eigenvalue weighted by atomic mass is 10.1. The van der Waals surface area contributed by atoms with Crippen LogP contribution in [0.4, 0.5) is 5.69 Å². The zero-order valence-corrected chi connectivity index (χ0v) is 15.9. The Balaban J connectivity index is 2.01. The molecule has 0 fully saturated rings. The molecule has 0 unspecified atom stereocenters. The van der Waals surface area contributed by atoms with E-state index in [0.29, 0.717) is 41.7 Å². The molecule has 0 aliphatic carbocycles. The smallest absolute Gasteiger partial charge is 0.224 e. The molecule has 4 nitrogen and oxygen atoms in total. The van der Waals surface area contributed by atoms with Crippen molar-refractivity contribution in [1.82, 2.24) is 0 Å². The van der Waals surface area contributed by atoms with Crippen LogP contribution in [0.2, 0.25) is 5.02 Å². The second kappa shape index (κ2) is 8.77. The largest absolute Gasteiger partial charge is 0.493 e. The summed E-state index contributed by atoms with van der Waals surface area (Å²) in [6, 6.07) is 9.57. The summed E-state index contributed by atoms with van der Waals surface area (Å²) >= 11 is 6.24. The van der Waals surface area contributed by atoms with Gasteiger partial charge in [0.1, 0.15) is 0 Å². The molecular weight excluding hydrogens is 338 g/mol. The third kappa shape index (κ3) is 5.13. The predicted octanol–water partition coefficient (Wildman–Crippen LogP) is 4.94. The van der Waals surface area contributed by atoms with Gasteiger partial charge in [-0.2, -0.15) is 0 Å². The lowest BCUT2D eigenvalue weighted by molar-refractivity contribution is -0.116. The van der Waals surface area contributed by atoms with E-state index >= 15 is 0 Å². The van der Waals surface area contributed by atoms with E-state index in [0.717, 1.165) is 16.7 Å². The van der Waals surface area contributed by atoms with Crippen molar-refractivity contribution in [3.63, 3.8) is 0 Å². The van der Waals surface area contributed by atoms with E-state index in [2.05, 4.69) is 5.32 Å². The van der Waals surface area contributed by atoms with Gasteiger partial charge in [-0.05, 0) is 62.1 Å². The van der Waals surface area contributed by atoms with Gasteiger partial charge in [0, 0.05) is 6.42 Å². The highest BCUT2D eigenvalue weighted by Crippen LogP contribution is 2.29. The molecule has 1 N–H and O–H groups in total. The van der Waals surface area contributed by atoms with Crippen LogP contribution in [0.25, 0.3) is 0 Å². The van der Waals surface area contributed by atoms with Gasteiger partial charge in [-0.15, -0.1) is 0 Å². The van der Waals surface area contributed by atoms with Gasteiger partial charge < -0.3 is 14.8 Å². The zero-order chi connectivity index (χ0) is 18.4. The molecule has 2 aromatic carbocycles. The summed E-state index contributed by atoms with van der Waals surface area (Å²) in [7, 11) is 1.61. The predicted molar refractivity (Wildman–Crippen MR) is 102 cm³/mol. The molecule has 0 radical (unpaired) electrons. The highest BCUT2D eigenvalue weighted by molar-refractivity contribution is 6.34. The van der Waals surface area contributed by atoms with Crippen molar-refractivity contribution < 1.29 is 14.3 Å². The molecule has 0 aliphatic heterocycles. The Bertz CT molecular complexity index is 736. The van der Waals surface area contributed by atoms with Crippen molar-refractivity contribution in [2.45, 2.75) is 33.6 Å². The number of anilines is 1. The first kappa shape index (κ1) is 19.1. The van der Waals surface area contributed by atoms with Crippen molar-refractivity contribution in [1.29, 1.82) is 0 Å². The van der Waals surface area contributed by atoms with E-state index in [1.54, 1.807) is 7.11 Å². The molecule has 0 saturated heterocycles. The average Bonchev–Trinajstić information content (AvgIpc) is 2.57. The van der Waals surface area contributed by atoms with E-state index in [9.17, 15) is 4.79 Å². The Hall–Kier alpha value is -2.20. The number of hydrogen-bond acceptors (Lipinski definition) is 3. The number of carbonyl (C=O) groups excluding carboxylic acids is 1. The summed E-state index contributed by atoms with van der Waals surface area (Å²) in [4.78, 5) is 12.3. The summed E-state index contributed by atoms with van der Waals surface area (Å²) in [5, 5.41) is 3.47. The summed E-state index contributed by atoms with van der Waals surface area (Å²) in [6.45, 7) is 6.42. The number of benzene rings is 2. The number of hydrogen-bond donors (Lipinski definition) is 1. The Labute approximate surface area is 154 Å². The van der Waals surface area contributed by atoms with Crippen LogP contribution in [0.5, 0.6) is 11.5 Å². The first-order valence-electron chi connectivity index (χ1n) is 8.31. The molecule has 0 spiro atoms. The molecular formula is C20H24ClNO3. The summed E-state index contributed by atoms with van der Waals surface area (Å²) in [6.07, 6.45) is 0.970. The second-order valence-electron chi connectivity index (χ2n) is 5.91. The Morgan fingerprint density at radius 3 is 2.56 bits per heavy atom. The summed E-state index contributed by atoms with van der Waals surface area (Å²) in [5.41, 5.74) is 3.73. The first-order valence-corrected chi connectivity index (χ1v) is 8.68. The number of methoxy groups -OCH3 is 1. The summed E-state index contributed by atoms with van der Waals surface area (Å²) in [5.74, 6) is 1.32. The maximum atomic E-state index is 12.3. The van der Waals surface area contributed by atoms with Crippen molar-refractivity contribution in [2.75, 3.05) is 19.0 Å². The fraction of sp³-hybridized carbons (Fsp3) is 0.350. The van der Waals surface area contributed by atoms with Gasteiger partial charge >= 0.3 is 0 Å². The maximum absolute atomic E-state index is 12.3. The van der Waals surface area contributed by atoms with E-state index in [4.69, 9.17) is 21.1 Å². The minimum Gasteiger partial charge on any atom is -0.493 e. The standard InChI is InChI=1S/C20H24ClNO3/c1-5-25-17-8-6-15(12-18(17)24-4)7-9-19(23)22-20-14(3)10-13(2)11-16(20)21/h6,8,10-12H,5,7,9H2,1-4H3,(H,22,23). The van der Waals surface area contributed by atoms with E-state index in [1.165, 1.54) is 0 Å². The van der Waals surface area contributed by atoms with Crippen LogP contribution >= 0.6 is 11.6 Å². The number of rotatable bonds is 7. The van der Waals surface area contributed by atoms with Crippen LogP contribution in [0.15, 0.2) is 30.3 Å². The third-order valence-corrected chi connectivity index (χ3v) is 4.16. The molecule has 134 valence electrons. The molecule has 2 rings (SSSR count). The number of carbonyl (C=O) groups is 1. The molecule has 1 amide bonds. The van der Waals surface area contributed by atoms with Crippen molar-refractivity contribution in [3.8, 4) is 11.5 Å². The van der Waals surface area contributed by atoms with Crippen molar-refractivity contribution in [3.05, 3.63) is 52.0 Å². The second-order valence-corrected chi connectivity index (χ2v) is 6.31. The monoisotopic (exact) mass is 361 g/mol. The van der Waals surface area contributed by atoms with Crippen LogP contribution in [0, 0.1) is 13.8 Å². The van der Waals surface area contributed by atoms with Crippen LogP contribution in [-0.2, 0) is 11.2 Å². The minimum absolute atomic E-state index is 0.0679. The molecule has 2 aromatic rings. The normalized spacial score (nSPS) is 10.4. The Kier molecular flexibility index (Phi) is 6.71. The van der Waals surface area contributed by atoms with Gasteiger partial charge in [0.25, 0.3) is 0 Å². The number of nitrogens with one attached hydrogen (secondary N) is 1. The number of aryl methyl sites for hydroxylation is 3. The lowest BCUT2D eigenvalue weighted by Crippen LogP contribution is -2.13. The third-order valence-electron chi connectivity index (χ3n) is 3.86. The molecule has 0 saturated carbocycles. The van der Waals surface area contributed by atoms with Gasteiger partial charge in [0.15, 0.2) is 11.5 Å². The molecule has 0 aliphatic rings. The highest BCUT2D eigenvalue weighted by atomic mass is 35.5. The maximum Gasteiger partial charge on any atom is 0.224 e.